The van der Waals surface area contributed by atoms with Crippen molar-refractivity contribution < 1.29 is 14.3 Å². The summed E-state index contributed by atoms with van der Waals surface area (Å²) in [6.07, 6.45) is 4.61. The highest BCUT2D eigenvalue weighted by Gasteiger charge is 2.15. The second-order valence-electron chi connectivity index (χ2n) is 5.86. The first-order chi connectivity index (χ1) is 13.0. The van der Waals surface area contributed by atoms with Crippen molar-refractivity contribution in [2.45, 2.75) is 26.9 Å². The van der Waals surface area contributed by atoms with Gasteiger partial charge in [-0.2, -0.15) is 10.1 Å². The van der Waals surface area contributed by atoms with Gasteiger partial charge in [-0.05, 0) is 25.5 Å². The van der Waals surface area contributed by atoms with Gasteiger partial charge >= 0.3 is 5.97 Å². The van der Waals surface area contributed by atoms with E-state index in [9.17, 15) is 14.3 Å². The van der Waals surface area contributed by atoms with E-state index in [1.54, 1.807) is 36.1 Å². The summed E-state index contributed by atoms with van der Waals surface area (Å²) in [6.45, 7) is 4.57. The van der Waals surface area contributed by atoms with Crippen molar-refractivity contribution in [2.75, 3.05) is 10.6 Å². The van der Waals surface area contributed by atoms with Crippen LogP contribution in [0.25, 0.3) is 0 Å². The third-order valence-electron chi connectivity index (χ3n) is 4.02. The standard InChI is InChI=1S/C18H19FN6O2/c1-3-25-10-12(7-22-25)23-18-21-9-14(17(26)27)16(24-18)20-8-13-11(2)5-4-6-15(13)19/h4-7,9-10H,3,8H2,1-2H3,(H,26,27)(H2,20,21,23,24). The molecule has 0 fully saturated rings. The monoisotopic (exact) mass is 370 g/mol. The molecule has 27 heavy (non-hydrogen) atoms. The third-order valence-corrected chi connectivity index (χ3v) is 4.02. The van der Waals surface area contributed by atoms with Crippen LogP contribution in [0.4, 0.5) is 21.8 Å². The number of nitrogens with one attached hydrogen (secondary N) is 2. The lowest BCUT2D eigenvalue weighted by atomic mass is 10.1. The molecule has 0 amide bonds. The fraction of sp³-hybridized carbons (Fsp3) is 0.222. The second-order valence-corrected chi connectivity index (χ2v) is 5.86. The zero-order valence-corrected chi connectivity index (χ0v) is 14.9. The van der Waals surface area contributed by atoms with Gasteiger partial charge in [0.15, 0.2) is 0 Å². The first-order valence-electron chi connectivity index (χ1n) is 8.35. The lowest BCUT2D eigenvalue weighted by Crippen LogP contribution is -2.12. The van der Waals surface area contributed by atoms with E-state index in [0.717, 1.165) is 12.1 Å². The normalized spacial score (nSPS) is 10.6. The van der Waals surface area contributed by atoms with Crippen LogP contribution in [0.15, 0.2) is 36.8 Å². The Kier molecular flexibility index (Phi) is 5.30. The van der Waals surface area contributed by atoms with Crippen molar-refractivity contribution >= 4 is 23.4 Å². The zero-order chi connectivity index (χ0) is 19.4. The molecule has 0 unspecified atom stereocenters. The lowest BCUT2D eigenvalue weighted by Gasteiger charge is -2.12. The minimum absolute atomic E-state index is 0.0983. The van der Waals surface area contributed by atoms with Gasteiger partial charge in [-0.1, -0.05) is 12.1 Å². The van der Waals surface area contributed by atoms with Gasteiger partial charge < -0.3 is 15.7 Å². The lowest BCUT2D eigenvalue weighted by molar-refractivity contribution is 0.0697. The van der Waals surface area contributed by atoms with Crippen molar-refractivity contribution in [3.8, 4) is 0 Å². The number of anilines is 3. The number of carboxylic acids is 1. The molecule has 0 aliphatic heterocycles. The molecule has 3 N–H and O–H groups in total. The fourth-order valence-electron chi connectivity index (χ4n) is 2.53. The number of carboxylic acid groups (broad SMARTS) is 1. The molecule has 0 aliphatic carbocycles. The highest BCUT2D eigenvalue weighted by molar-refractivity contribution is 5.93. The Hall–Kier alpha value is -3.49. The summed E-state index contributed by atoms with van der Waals surface area (Å²) in [6, 6.07) is 4.77. The summed E-state index contributed by atoms with van der Waals surface area (Å²) < 4.78 is 15.7. The summed E-state index contributed by atoms with van der Waals surface area (Å²) >= 11 is 0. The van der Waals surface area contributed by atoms with E-state index >= 15 is 0 Å². The number of rotatable bonds is 7. The van der Waals surface area contributed by atoms with Crippen LogP contribution in [-0.4, -0.2) is 30.8 Å². The summed E-state index contributed by atoms with van der Waals surface area (Å²) in [5, 5.41) is 19.4. The molecule has 0 saturated heterocycles. The minimum Gasteiger partial charge on any atom is -0.477 e. The molecule has 3 rings (SSSR count). The predicted molar refractivity (Wildman–Crippen MR) is 98.6 cm³/mol. The molecule has 1 aromatic carbocycles. The number of nitrogens with zero attached hydrogens (tertiary/aromatic N) is 4. The van der Waals surface area contributed by atoms with Gasteiger partial charge in [-0.25, -0.2) is 14.2 Å². The van der Waals surface area contributed by atoms with Crippen LogP contribution in [0.5, 0.6) is 0 Å². The van der Waals surface area contributed by atoms with E-state index < -0.39 is 5.97 Å². The molecule has 0 spiro atoms. The van der Waals surface area contributed by atoms with E-state index in [-0.39, 0.29) is 29.7 Å². The van der Waals surface area contributed by atoms with Crippen LogP contribution in [-0.2, 0) is 13.1 Å². The van der Waals surface area contributed by atoms with Crippen molar-refractivity contribution in [1.29, 1.82) is 0 Å². The highest BCUT2D eigenvalue weighted by atomic mass is 19.1. The second kappa shape index (κ2) is 7.81. The number of aryl methyl sites for hydroxylation is 2. The topological polar surface area (TPSA) is 105 Å². The van der Waals surface area contributed by atoms with E-state index in [4.69, 9.17) is 0 Å². The molecule has 3 aromatic rings. The number of benzene rings is 1. The van der Waals surface area contributed by atoms with Crippen LogP contribution in [0, 0.1) is 12.7 Å². The van der Waals surface area contributed by atoms with Crippen molar-refractivity contribution in [2.24, 2.45) is 0 Å². The quantitative estimate of drug-likeness (QED) is 0.586. The van der Waals surface area contributed by atoms with Crippen LogP contribution < -0.4 is 10.6 Å². The number of aromatic carboxylic acids is 1. The third kappa shape index (κ3) is 4.20. The summed E-state index contributed by atoms with van der Waals surface area (Å²) in [4.78, 5) is 19.7. The Morgan fingerprint density at radius 2 is 2.15 bits per heavy atom. The molecule has 0 saturated carbocycles. The Morgan fingerprint density at radius 1 is 1.33 bits per heavy atom. The van der Waals surface area contributed by atoms with E-state index in [2.05, 4.69) is 25.7 Å². The fourth-order valence-corrected chi connectivity index (χ4v) is 2.53. The van der Waals surface area contributed by atoms with Crippen LogP contribution >= 0.6 is 0 Å². The Morgan fingerprint density at radius 3 is 2.81 bits per heavy atom. The first kappa shape index (κ1) is 18.3. The molecule has 0 bridgehead atoms. The van der Waals surface area contributed by atoms with E-state index in [1.165, 1.54) is 12.3 Å². The number of halogens is 1. The van der Waals surface area contributed by atoms with Crippen LogP contribution in [0.3, 0.4) is 0 Å². The van der Waals surface area contributed by atoms with E-state index in [1.807, 2.05) is 6.92 Å². The number of hydrogen-bond acceptors (Lipinski definition) is 6. The number of hydrogen-bond donors (Lipinski definition) is 3. The van der Waals surface area contributed by atoms with Gasteiger partial charge in [-0.15, -0.1) is 0 Å². The molecule has 2 heterocycles. The molecule has 9 heteroatoms. The maximum Gasteiger partial charge on any atom is 0.341 e. The molecular formula is C18H19FN6O2. The average molecular weight is 370 g/mol. The molecule has 2 aromatic heterocycles. The summed E-state index contributed by atoms with van der Waals surface area (Å²) in [5.74, 6) is -1.22. The van der Waals surface area contributed by atoms with Gasteiger partial charge in [0.1, 0.15) is 17.2 Å². The molecule has 140 valence electrons. The smallest absolute Gasteiger partial charge is 0.341 e. The minimum atomic E-state index is -1.17. The maximum atomic E-state index is 14.0. The highest BCUT2D eigenvalue weighted by Crippen LogP contribution is 2.20. The van der Waals surface area contributed by atoms with Gasteiger partial charge in [0.25, 0.3) is 0 Å². The van der Waals surface area contributed by atoms with Crippen molar-refractivity contribution in [3.63, 3.8) is 0 Å². The van der Waals surface area contributed by atoms with Crippen LogP contribution in [0.2, 0.25) is 0 Å². The summed E-state index contributed by atoms with van der Waals surface area (Å²) in [7, 11) is 0. The Bertz CT molecular complexity index is 952. The van der Waals surface area contributed by atoms with Crippen molar-refractivity contribution in [1.82, 2.24) is 19.7 Å². The van der Waals surface area contributed by atoms with Gasteiger partial charge in [0.05, 0.1) is 11.9 Å². The zero-order valence-electron chi connectivity index (χ0n) is 14.9. The molecular weight excluding hydrogens is 351 g/mol. The summed E-state index contributed by atoms with van der Waals surface area (Å²) in [5.41, 5.74) is 1.79. The average Bonchev–Trinajstić information content (AvgIpc) is 3.09. The predicted octanol–water partition coefficient (Wildman–Crippen LogP) is 3.19. The molecule has 8 nitrogen and oxygen atoms in total. The van der Waals surface area contributed by atoms with E-state index in [0.29, 0.717) is 11.3 Å². The molecule has 0 aliphatic rings. The Balaban J connectivity index is 1.84. The Labute approximate surface area is 155 Å². The molecule has 0 atom stereocenters. The maximum absolute atomic E-state index is 14.0. The number of carbonyl (C=O) groups is 1. The van der Waals surface area contributed by atoms with Crippen molar-refractivity contribution in [3.05, 3.63) is 59.3 Å². The van der Waals surface area contributed by atoms with Gasteiger partial charge in [0.2, 0.25) is 5.95 Å². The van der Waals surface area contributed by atoms with Crippen LogP contribution in [0.1, 0.15) is 28.4 Å². The largest absolute Gasteiger partial charge is 0.477 e. The molecule has 0 radical (unpaired) electrons. The van der Waals surface area contributed by atoms with Gasteiger partial charge in [0, 0.05) is 31.0 Å². The van der Waals surface area contributed by atoms with Gasteiger partial charge in [-0.3, -0.25) is 4.68 Å². The first-order valence-corrected chi connectivity index (χ1v) is 8.35. The number of aromatic nitrogens is 4. The SMILES string of the molecule is CCn1cc(Nc2ncc(C(=O)O)c(NCc3c(C)cccc3F)n2)cn1.